The summed E-state index contributed by atoms with van der Waals surface area (Å²) in [5.41, 5.74) is 8.59. The van der Waals surface area contributed by atoms with Crippen LogP contribution in [0.1, 0.15) is 11.3 Å². The molecule has 2 rings (SSSR count). The third-order valence-corrected chi connectivity index (χ3v) is 2.25. The minimum atomic E-state index is 0.597. The molecule has 2 aromatic rings. The summed E-state index contributed by atoms with van der Waals surface area (Å²) in [5, 5.41) is 0. The molecule has 0 unspecified atom stereocenters. The summed E-state index contributed by atoms with van der Waals surface area (Å²) in [5.74, 6) is 0.665. The molecule has 0 amide bonds. The van der Waals surface area contributed by atoms with Crippen molar-refractivity contribution in [3.63, 3.8) is 0 Å². The molecule has 0 aliphatic rings. The molecule has 0 radical (unpaired) electrons. The highest BCUT2D eigenvalue weighted by atomic mass is 16.3. The van der Waals surface area contributed by atoms with Crippen LogP contribution < -0.4 is 5.73 Å². The molecule has 0 atom stereocenters. The van der Waals surface area contributed by atoms with Crippen LogP contribution in [0.25, 0.3) is 11.5 Å². The van der Waals surface area contributed by atoms with Crippen LogP contribution in [0.15, 0.2) is 34.9 Å². The average Bonchev–Trinajstić information content (AvgIpc) is 2.68. The second-order valence-corrected chi connectivity index (χ2v) is 3.55. The van der Waals surface area contributed by atoms with Gasteiger partial charge in [-0.25, -0.2) is 4.98 Å². The first kappa shape index (κ1) is 9.93. The van der Waals surface area contributed by atoms with E-state index in [1.807, 2.05) is 24.3 Å². The Morgan fingerprint density at radius 1 is 1.27 bits per heavy atom. The van der Waals surface area contributed by atoms with Crippen molar-refractivity contribution < 1.29 is 4.42 Å². The summed E-state index contributed by atoms with van der Waals surface area (Å²) in [6.45, 7) is 2.65. The van der Waals surface area contributed by atoms with Crippen LogP contribution in [-0.2, 0) is 6.42 Å². The number of aromatic nitrogens is 1. The first-order valence-electron chi connectivity index (χ1n) is 5.01. The van der Waals surface area contributed by atoms with Crippen LogP contribution in [0.3, 0.4) is 0 Å². The molecule has 3 heteroatoms. The van der Waals surface area contributed by atoms with E-state index in [9.17, 15) is 0 Å². The van der Waals surface area contributed by atoms with E-state index in [2.05, 4.69) is 11.9 Å². The van der Waals surface area contributed by atoms with E-state index in [0.29, 0.717) is 12.4 Å². The summed E-state index contributed by atoms with van der Waals surface area (Å²) < 4.78 is 5.38. The summed E-state index contributed by atoms with van der Waals surface area (Å²) in [4.78, 5) is 4.35. The van der Waals surface area contributed by atoms with E-state index in [1.54, 1.807) is 6.26 Å². The van der Waals surface area contributed by atoms with Crippen molar-refractivity contribution in [2.24, 2.45) is 5.73 Å². The number of nitrogens with zero attached hydrogens (tertiary/aromatic N) is 1. The van der Waals surface area contributed by atoms with Gasteiger partial charge in [0.1, 0.15) is 6.26 Å². The molecular formula is C12H14N2O. The van der Waals surface area contributed by atoms with Crippen LogP contribution in [0, 0.1) is 6.92 Å². The van der Waals surface area contributed by atoms with Gasteiger partial charge in [0.05, 0.1) is 5.69 Å². The van der Waals surface area contributed by atoms with Crippen LogP contribution in [0.5, 0.6) is 0 Å². The third kappa shape index (κ3) is 2.25. The first-order valence-corrected chi connectivity index (χ1v) is 5.01. The maximum Gasteiger partial charge on any atom is 0.226 e. The molecule has 0 aliphatic heterocycles. The standard InChI is InChI=1S/C12H14N2O/c1-9-2-4-10(5-3-9)12-14-11(6-7-13)8-15-12/h2-5,8H,6-7,13H2,1H3. The molecule has 1 aromatic carbocycles. The fourth-order valence-corrected chi connectivity index (χ4v) is 1.40. The molecule has 0 aliphatic carbocycles. The fraction of sp³-hybridized carbons (Fsp3) is 0.250. The first-order chi connectivity index (χ1) is 7.29. The van der Waals surface area contributed by atoms with Crippen molar-refractivity contribution >= 4 is 0 Å². The number of rotatable bonds is 3. The number of aryl methyl sites for hydroxylation is 1. The molecule has 0 saturated heterocycles. The monoisotopic (exact) mass is 202 g/mol. The average molecular weight is 202 g/mol. The van der Waals surface area contributed by atoms with Crippen molar-refractivity contribution in [3.05, 3.63) is 41.8 Å². The summed E-state index contributed by atoms with van der Waals surface area (Å²) in [6.07, 6.45) is 2.43. The highest BCUT2D eigenvalue weighted by Gasteiger charge is 2.05. The quantitative estimate of drug-likeness (QED) is 0.829. The van der Waals surface area contributed by atoms with Crippen LogP contribution in [0.2, 0.25) is 0 Å². The van der Waals surface area contributed by atoms with Crippen LogP contribution >= 0.6 is 0 Å². The van der Waals surface area contributed by atoms with Crippen molar-refractivity contribution in [2.45, 2.75) is 13.3 Å². The van der Waals surface area contributed by atoms with Crippen molar-refractivity contribution in [1.29, 1.82) is 0 Å². The lowest BCUT2D eigenvalue weighted by atomic mass is 10.1. The Balaban J connectivity index is 2.25. The zero-order chi connectivity index (χ0) is 10.7. The summed E-state index contributed by atoms with van der Waals surface area (Å²) in [6, 6.07) is 8.10. The zero-order valence-corrected chi connectivity index (χ0v) is 8.73. The molecule has 3 nitrogen and oxygen atoms in total. The number of oxazole rings is 1. The van der Waals surface area contributed by atoms with Gasteiger partial charge >= 0.3 is 0 Å². The highest BCUT2D eigenvalue weighted by molar-refractivity contribution is 5.53. The molecule has 0 saturated carbocycles. The molecule has 15 heavy (non-hydrogen) atoms. The summed E-state index contributed by atoms with van der Waals surface area (Å²) in [7, 11) is 0. The minimum absolute atomic E-state index is 0.597. The second-order valence-electron chi connectivity index (χ2n) is 3.55. The molecular weight excluding hydrogens is 188 g/mol. The number of nitrogens with two attached hydrogens (primary N) is 1. The molecule has 0 spiro atoms. The Morgan fingerprint density at radius 3 is 2.67 bits per heavy atom. The molecule has 2 N–H and O–H groups in total. The van der Waals surface area contributed by atoms with Gasteiger partial charge in [-0.1, -0.05) is 17.7 Å². The smallest absolute Gasteiger partial charge is 0.226 e. The highest BCUT2D eigenvalue weighted by Crippen LogP contribution is 2.18. The third-order valence-electron chi connectivity index (χ3n) is 2.25. The molecule has 1 aromatic heterocycles. The Morgan fingerprint density at radius 2 is 2.00 bits per heavy atom. The van der Waals surface area contributed by atoms with E-state index < -0.39 is 0 Å². The Bertz CT molecular complexity index is 431. The van der Waals surface area contributed by atoms with Gasteiger partial charge in [-0.15, -0.1) is 0 Å². The molecule has 0 bridgehead atoms. The number of benzene rings is 1. The van der Waals surface area contributed by atoms with E-state index in [1.165, 1.54) is 5.56 Å². The van der Waals surface area contributed by atoms with Gasteiger partial charge in [-0.05, 0) is 25.6 Å². The zero-order valence-electron chi connectivity index (χ0n) is 8.73. The fourth-order valence-electron chi connectivity index (χ4n) is 1.40. The topological polar surface area (TPSA) is 52.0 Å². The van der Waals surface area contributed by atoms with Gasteiger partial charge in [0, 0.05) is 12.0 Å². The Hall–Kier alpha value is -1.61. The minimum Gasteiger partial charge on any atom is -0.444 e. The normalized spacial score (nSPS) is 10.5. The maximum atomic E-state index is 5.45. The Labute approximate surface area is 88.9 Å². The predicted molar refractivity (Wildman–Crippen MR) is 59.4 cm³/mol. The lowest BCUT2D eigenvalue weighted by molar-refractivity contribution is 0.572. The van der Waals surface area contributed by atoms with Gasteiger partial charge in [0.2, 0.25) is 5.89 Å². The van der Waals surface area contributed by atoms with Gasteiger partial charge in [-0.3, -0.25) is 0 Å². The Kier molecular flexibility index (Phi) is 2.83. The number of hydrogen-bond acceptors (Lipinski definition) is 3. The van der Waals surface area contributed by atoms with Crippen molar-refractivity contribution in [2.75, 3.05) is 6.54 Å². The molecule has 78 valence electrons. The lowest BCUT2D eigenvalue weighted by Gasteiger charge is -1.95. The molecule has 1 heterocycles. The van der Waals surface area contributed by atoms with E-state index in [0.717, 1.165) is 17.7 Å². The SMILES string of the molecule is Cc1ccc(-c2nc(CCN)co2)cc1. The van der Waals surface area contributed by atoms with Crippen LogP contribution in [-0.4, -0.2) is 11.5 Å². The van der Waals surface area contributed by atoms with Gasteiger partial charge < -0.3 is 10.2 Å². The van der Waals surface area contributed by atoms with Crippen molar-refractivity contribution in [1.82, 2.24) is 4.98 Å². The lowest BCUT2D eigenvalue weighted by Crippen LogP contribution is -2.02. The number of hydrogen-bond donors (Lipinski definition) is 1. The van der Waals surface area contributed by atoms with Crippen molar-refractivity contribution in [3.8, 4) is 11.5 Å². The van der Waals surface area contributed by atoms with Gasteiger partial charge in [0.15, 0.2) is 0 Å². The predicted octanol–water partition coefficient (Wildman–Crippen LogP) is 2.15. The van der Waals surface area contributed by atoms with Gasteiger partial charge in [0.25, 0.3) is 0 Å². The van der Waals surface area contributed by atoms with E-state index in [-0.39, 0.29) is 0 Å². The largest absolute Gasteiger partial charge is 0.444 e. The van der Waals surface area contributed by atoms with E-state index in [4.69, 9.17) is 10.2 Å². The van der Waals surface area contributed by atoms with E-state index >= 15 is 0 Å². The summed E-state index contributed by atoms with van der Waals surface area (Å²) >= 11 is 0. The van der Waals surface area contributed by atoms with Crippen LogP contribution in [0.4, 0.5) is 0 Å². The maximum absolute atomic E-state index is 5.45. The van der Waals surface area contributed by atoms with Gasteiger partial charge in [-0.2, -0.15) is 0 Å². The second kappa shape index (κ2) is 4.28. The molecule has 0 fully saturated rings.